The van der Waals surface area contributed by atoms with Gasteiger partial charge in [0.15, 0.2) is 27.2 Å². The molecular weight excluding hydrogens is 196 g/mol. The summed E-state index contributed by atoms with van der Waals surface area (Å²) in [5.74, 6) is -0.419. The minimum Gasteiger partial charge on any atom is -0.439 e. The van der Waals surface area contributed by atoms with Crippen LogP contribution in [0.3, 0.4) is 0 Å². The van der Waals surface area contributed by atoms with Crippen LogP contribution in [0.25, 0.3) is 0 Å². The molecule has 7 heteroatoms. The number of rotatable bonds is 9. The Labute approximate surface area is 81.5 Å². The lowest BCUT2D eigenvalue weighted by atomic mass is 10.8. The average Bonchev–Trinajstić information content (AvgIpc) is 2.15. The molecule has 0 aliphatic carbocycles. The standard InChI is InChI=1S/C7H14O7/c1-7(9)14-6-13-5-12-4-11-3-10-2-8/h8H,2-6H2,1H3. The molecule has 0 atom stereocenters. The van der Waals surface area contributed by atoms with E-state index in [0.29, 0.717) is 0 Å². The van der Waals surface area contributed by atoms with Crippen LogP contribution in [0.1, 0.15) is 6.92 Å². The predicted octanol–water partition coefficient (Wildman–Crippen LogP) is -0.604. The summed E-state index contributed by atoms with van der Waals surface area (Å²) in [6, 6.07) is 0. The van der Waals surface area contributed by atoms with E-state index in [1.165, 1.54) is 6.92 Å². The molecule has 0 radical (unpaired) electrons. The first-order chi connectivity index (χ1) is 6.77. The third-order valence-electron chi connectivity index (χ3n) is 0.937. The van der Waals surface area contributed by atoms with Crippen LogP contribution < -0.4 is 0 Å². The van der Waals surface area contributed by atoms with Crippen LogP contribution in [0.15, 0.2) is 0 Å². The molecule has 0 spiro atoms. The fourth-order valence-electron chi connectivity index (χ4n) is 0.441. The number of aliphatic hydroxyl groups excluding tert-OH is 1. The molecule has 0 aromatic carbocycles. The summed E-state index contributed by atoms with van der Waals surface area (Å²) < 4.78 is 23.1. The van der Waals surface area contributed by atoms with Crippen LogP contribution in [0, 0.1) is 0 Å². The number of ether oxygens (including phenoxy) is 5. The summed E-state index contributed by atoms with van der Waals surface area (Å²) >= 11 is 0. The van der Waals surface area contributed by atoms with Crippen LogP contribution in [-0.2, 0) is 28.5 Å². The molecule has 0 unspecified atom stereocenters. The van der Waals surface area contributed by atoms with Crippen molar-refractivity contribution in [2.45, 2.75) is 6.92 Å². The summed E-state index contributed by atoms with van der Waals surface area (Å²) in [5, 5.41) is 8.17. The third kappa shape index (κ3) is 11.3. The maximum Gasteiger partial charge on any atom is 0.304 e. The fraction of sp³-hybridized carbons (Fsp3) is 0.857. The summed E-state index contributed by atoms with van der Waals surface area (Å²) in [6.45, 7) is 0.595. The van der Waals surface area contributed by atoms with Gasteiger partial charge in [0.1, 0.15) is 6.79 Å². The van der Waals surface area contributed by atoms with E-state index >= 15 is 0 Å². The Morgan fingerprint density at radius 3 is 2.00 bits per heavy atom. The Morgan fingerprint density at radius 2 is 1.50 bits per heavy atom. The van der Waals surface area contributed by atoms with Gasteiger partial charge in [0.25, 0.3) is 0 Å². The molecule has 0 amide bonds. The molecule has 7 nitrogen and oxygen atoms in total. The van der Waals surface area contributed by atoms with Crippen molar-refractivity contribution in [1.82, 2.24) is 0 Å². The highest BCUT2D eigenvalue weighted by atomic mass is 16.8. The molecule has 14 heavy (non-hydrogen) atoms. The molecule has 0 heterocycles. The van der Waals surface area contributed by atoms with Gasteiger partial charge in [-0.05, 0) is 0 Å². The van der Waals surface area contributed by atoms with Crippen LogP contribution >= 0.6 is 0 Å². The summed E-state index contributed by atoms with van der Waals surface area (Å²) in [5.41, 5.74) is 0. The van der Waals surface area contributed by atoms with Gasteiger partial charge in [0, 0.05) is 6.92 Å². The monoisotopic (exact) mass is 210 g/mol. The first kappa shape index (κ1) is 13.3. The zero-order valence-corrected chi connectivity index (χ0v) is 7.93. The molecule has 84 valence electrons. The Morgan fingerprint density at radius 1 is 1.00 bits per heavy atom. The van der Waals surface area contributed by atoms with Gasteiger partial charge in [-0.1, -0.05) is 0 Å². The van der Waals surface area contributed by atoms with E-state index in [1.807, 2.05) is 0 Å². The van der Waals surface area contributed by atoms with Crippen molar-refractivity contribution in [3.05, 3.63) is 0 Å². The predicted molar refractivity (Wildman–Crippen MR) is 42.7 cm³/mol. The molecule has 0 saturated carbocycles. The molecule has 0 rings (SSSR count). The summed E-state index contributed by atoms with van der Waals surface area (Å²) in [4.78, 5) is 10.2. The highest BCUT2D eigenvalue weighted by Gasteiger charge is 1.92. The molecule has 0 aliphatic heterocycles. The molecule has 0 fully saturated rings. The van der Waals surface area contributed by atoms with Crippen molar-refractivity contribution in [1.29, 1.82) is 0 Å². The third-order valence-corrected chi connectivity index (χ3v) is 0.937. The topological polar surface area (TPSA) is 83.5 Å². The molecule has 0 aliphatic rings. The van der Waals surface area contributed by atoms with Crippen molar-refractivity contribution >= 4 is 5.97 Å². The van der Waals surface area contributed by atoms with Gasteiger partial charge >= 0.3 is 5.97 Å². The Hall–Kier alpha value is -0.730. The lowest BCUT2D eigenvalue weighted by molar-refractivity contribution is -0.202. The minimum atomic E-state index is -0.419. The minimum absolute atomic E-state index is 0.0277. The Balaban J connectivity index is 2.88. The van der Waals surface area contributed by atoms with Gasteiger partial charge in [0.05, 0.1) is 0 Å². The lowest BCUT2D eigenvalue weighted by Gasteiger charge is -2.06. The van der Waals surface area contributed by atoms with Crippen LogP contribution in [0.2, 0.25) is 0 Å². The Kier molecular flexibility index (Phi) is 9.81. The first-order valence-electron chi connectivity index (χ1n) is 3.82. The molecule has 0 saturated heterocycles. The van der Waals surface area contributed by atoms with Gasteiger partial charge in [-0.25, -0.2) is 0 Å². The number of esters is 1. The summed E-state index contributed by atoms with van der Waals surface area (Å²) in [7, 11) is 0. The van der Waals surface area contributed by atoms with Crippen LogP contribution in [0.5, 0.6) is 0 Å². The molecule has 0 bridgehead atoms. The van der Waals surface area contributed by atoms with E-state index in [9.17, 15) is 4.79 Å². The molecule has 0 aromatic heterocycles. The van der Waals surface area contributed by atoms with Gasteiger partial charge in [-0.2, -0.15) is 0 Å². The van der Waals surface area contributed by atoms with Crippen molar-refractivity contribution in [2.75, 3.05) is 34.0 Å². The largest absolute Gasteiger partial charge is 0.439 e. The number of hydrogen-bond acceptors (Lipinski definition) is 7. The zero-order valence-electron chi connectivity index (χ0n) is 7.93. The average molecular weight is 210 g/mol. The van der Waals surface area contributed by atoms with E-state index in [0.717, 1.165) is 0 Å². The van der Waals surface area contributed by atoms with Crippen molar-refractivity contribution in [3.8, 4) is 0 Å². The van der Waals surface area contributed by atoms with Crippen LogP contribution in [-0.4, -0.2) is 45.0 Å². The Bertz CT molecular complexity index is 138. The highest BCUT2D eigenvalue weighted by Crippen LogP contribution is 1.83. The van der Waals surface area contributed by atoms with Gasteiger partial charge in [-0.15, -0.1) is 0 Å². The highest BCUT2D eigenvalue weighted by molar-refractivity contribution is 5.65. The quantitative estimate of drug-likeness (QED) is 0.309. The smallest absolute Gasteiger partial charge is 0.304 e. The van der Waals surface area contributed by atoms with E-state index in [2.05, 4.69) is 9.47 Å². The maximum atomic E-state index is 10.2. The van der Waals surface area contributed by atoms with Crippen LogP contribution in [0.4, 0.5) is 0 Å². The number of aliphatic hydroxyl groups is 1. The van der Waals surface area contributed by atoms with Gasteiger partial charge < -0.3 is 28.8 Å². The second-order valence-electron chi connectivity index (χ2n) is 2.05. The molecule has 0 aromatic rings. The second kappa shape index (κ2) is 10.4. The normalized spacial score (nSPS) is 10.1. The lowest BCUT2D eigenvalue weighted by Crippen LogP contribution is -2.10. The number of hydrogen-bond donors (Lipinski definition) is 1. The van der Waals surface area contributed by atoms with E-state index in [1.54, 1.807) is 0 Å². The number of carbonyl (C=O) groups excluding carboxylic acids is 1. The van der Waals surface area contributed by atoms with Gasteiger partial charge in [0.2, 0.25) is 0 Å². The molecule has 1 N–H and O–H groups in total. The maximum absolute atomic E-state index is 10.2. The first-order valence-corrected chi connectivity index (χ1v) is 3.82. The van der Waals surface area contributed by atoms with E-state index in [4.69, 9.17) is 19.3 Å². The second-order valence-corrected chi connectivity index (χ2v) is 2.05. The van der Waals surface area contributed by atoms with Crippen molar-refractivity contribution < 1.29 is 33.6 Å². The number of carbonyl (C=O) groups is 1. The molecular formula is C7H14O7. The van der Waals surface area contributed by atoms with Crippen molar-refractivity contribution in [3.63, 3.8) is 0 Å². The van der Waals surface area contributed by atoms with Gasteiger partial charge in [-0.3, -0.25) is 4.79 Å². The summed E-state index contributed by atoms with van der Waals surface area (Å²) in [6.07, 6.45) is 0. The zero-order chi connectivity index (χ0) is 10.6. The van der Waals surface area contributed by atoms with E-state index in [-0.39, 0.29) is 27.2 Å². The van der Waals surface area contributed by atoms with E-state index < -0.39 is 12.8 Å². The fourth-order valence-corrected chi connectivity index (χ4v) is 0.441. The van der Waals surface area contributed by atoms with Crippen molar-refractivity contribution in [2.24, 2.45) is 0 Å². The SMILES string of the molecule is CC(=O)OCOCOCOCOCO.